The second-order valence-corrected chi connectivity index (χ2v) is 3.72. The van der Waals surface area contributed by atoms with Crippen molar-refractivity contribution in [3.05, 3.63) is 51.9 Å². The van der Waals surface area contributed by atoms with Crippen LogP contribution in [0.5, 0.6) is 5.75 Å². The highest BCUT2D eigenvalue weighted by molar-refractivity contribution is 5.40. The van der Waals surface area contributed by atoms with Gasteiger partial charge in [0.1, 0.15) is 11.8 Å². The van der Waals surface area contributed by atoms with E-state index in [9.17, 15) is 4.79 Å². The summed E-state index contributed by atoms with van der Waals surface area (Å²) in [6.45, 7) is 1.76. The second kappa shape index (κ2) is 4.72. The van der Waals surface area contributed by atoms with E-state index < -0.39 is 0 Å². The number of aromatic nitrogens is 2. The molecule has 0 aliphatic rings. The minimum absolute atomic E-state index is 0.122. The predicted octanol–water partition coefficient (Wildman–Crippen LogP) is 1.42. The van der Waals surface area contributed by atoms with E-state index in [2.05, 4.69) is 5.10 Å². The maximum Gasteiger partial charge on any atom is 0.218 e. The Labute approximate surface area is 104 Å². The largest absolute Gasteiger partial charge is 0.497 e. The first kappa shape index (κ1) is 11.9. The fraction of sp³-hybridized carbons (Fsp3) is 0.154. The summed E-state index contributed by atoms with van der Waals surface area (Å²) in [4.78, 5) is 11.5. The van der Waals surface area contributed by atoms with Crippen molar-refractivity contribution >= 4 is 0 Å². The van der Waals surface area contributed by atoms with Gasteiger partial charge in [0.15, 0.2) is 0 Å². The summed E-state index contributed by atoms with van der Waals surface area (Å²) in [6.07, 6.45) is 0. The van der Waals surface area contributed by atoms with Gasteiger partial charge >= 0.3 is 0 Å². The quantitative estimate of drug-likeness (QED) is 0.797. The number of nitrogens with zero attached hydrogens (tertiary/aromatic N) is 3. The lowest BCUT2D eigenvalue weighted by molar-refractivity contribution is 0.414. The first-order chi connectivity index (χ1) is 8.65. The van der Waals surface area contributed by atoms with Crippen LogP contribution in [0.2, 0.25) is 0 Å². The Balaban J connectivity index is 2.63. The fourth-order valence-corrected chi connectivity index (χ4v) is 1.63. The molecule has 0 spiro atoms. The molecule has 0 N–H and O–H groups in total. The van der Waals surface area contributed by atoms with Gasteiger partial charge in [-0.2, -0.15) is 10.4 Å². The van der Waals surface area contributed by atoms with Crippen molar-refractivity contribution in [3.63, 3.8) is 0 Å². The van der Waals surface area contributed by atoms with E-state index in [1.165, 1.54) is 6.07 Å². The Morgan fingerprint density at radius 3 is 2.83 bits per heavy atom. The molecule has 5 nitrogen and oxygen atoms in total. The van der Waals surface area contributed by atoms with Gasteiger partial charge in [0.2, 0.25) is 11.1 Å². The zero-order chi connectivity index (χ0) is 13.1. The van der Waals surface area contributed by atoms with E-state index in [1.54, 1.807) is 30.9 Å². The van der Waals surface area contributed by atoms with Crippen molar-refractivity contribution in [2.24, 2.45) is 0 Å². The van der Waals surface area contributed by atoms with Gasteiger partial charge < -0.3 is 4.74 Å². The molecule has 0 aliphatic heterocycles. The van der Waals surface area contributed by atoms with Gasteiger partial charge in [0.25, 0.3) is 0 Å². The van der Waals surface area contributed by atoms with Crippen LogP contribution in [0.25, 0.3) is 5.69 Å². The maximum atomic E-state index is 11.5. The van der Waals surface area contributed by atoms with Gasteiger partial charge in [0.05, 0.1) is 12.8 Å². The van der Waals surface area contributed by atoms with Crippen molar-refractivity contribution in [2.75, 3.05) is 7.11 Å². The van der Waals surface area contributed by atoms with Crippen LogP contribution in [0.1, 0.15) is 11.4 Å². The molecule has 2 rings (SSSR count). The summed E-state index contributed by atoms with van der Waals surface area (Å²) in [5.41, 5.74) is 0.910. The molecule has 0 bridgehead atoms. The fourth-order valence-electron chi connectivity index (χ4n) is 1.63. The first-order valence-electron chi connectivity index (χ1n) is 5.31. The van der Waals surface area contributed by atoms with Crippen molar-refractivity contribution in [2.45, 2.75) is 6.92 Å². The summed E-state index contributed by atoms with van der Waals surface area (Å²) in [5, 5.41) is 12.9. The van der Waals surface area contributed by atoms with Gasteiger partial charge in [-0.1, -0.05) is 6.07 Å². The summed E-state index contributed by atoms with van der Waals surface area (Å²) in [7, 11) is 1.57. The van der Waals surface area contributed by atoms with Crippen LogP contribution in [0.4, 0.5) is 0 Å². The summed E-state index contributed by atoms with van der Waals surface area (Å²) >= 11 is 0. The SMILES string of the molecule is COc1cccc(-n2nc(C#N)c(=O)cc2C)c1. The Kier molecular flexibility index (Phi) is 3.11. The molecule has 0 aliphatic carbocycles. The third kappa shape index (κ3) is 2.09. The molecular formula is C13H11N3O2. The first-order valence-corrected chi connectivity index (χ1v) is 5.31. The number of nitriles is 1. The van der Waals surface area contributed by atoms with Crippen molar-refractivity contribution in [1.82, 2.24) is 9.78 Å². The summed E-state index contributed by atoms with van der Waals surface area (Å²) < 4.78 is 6.67. The molecule has 0 saturated heterocycles. The Hall–Kier alpha value is -2.61. The van der Waals surface area contributed by atoms with Crippen LogP contribution in [0.3, 0.4) is 0 Å². The van der Waals surface area contributed by atoms with E-state index in [4.69, 9.17) is 10.00 Å². The maximum absolute atomic E-state index is 11.5. The highest BCUT2D eigenvalue weighted by atomic mass is 16.5. The van der Waals surface area contributed by atoms with Crippen LogP contribution in [0, 0.1) is 18.3 Å². The lowest BCUT2D eigenvalue weighted by Crippen LogP contribution is -2.16. The molecule has 1 aromatic carbocycles. The molecule has 0 saturated carbocycles. The molecule has 90 valence electrons. The van der Waals surface area contributed by atoms with E-state index >= 15 is 0 Å². The summed E-state index contributed by atoms with van der Waals surface area (Å²) in [5.74, 6) is 0.686. The molecule has 1 aromatic heterocycles. The van der Waals surface area contributed by atoms with Crippen molar-refractivity contribution < 1.29 is 4.74 Å². The van der Waals surface area contributed by atoms with Gasteiger partial charge in [0, 0.05) is 17.8 Å². The predicted molar refractivity (Wildman–Crippen MR) is 65.8 cm³/mol. The van der Waals surface area contributed by atoms with E-state index in [-0.39, 0.29) is 11.1 Å². The minimum Gasteiger partial charge on any atom is -0.497 e. The van der Waals surface area contributed by atoms with Crippen molar-refractivity contribution in [3.8, 4) is 17.5 Å². The highest BCUT2D eigenvalue weighted by Crippen LogP contribution is 2.16. The van der Waals surface area contributed by atoms with Crippen LogP contribution in [-0.2, 0) is 0 Å². The van der Waals surface area contributed by atoms with E-state index in [0.29, 0.717) is 11.4 Å². The standard InChI is InChI=1S/C13H11N3O2/c1-9-6-13(17)12(8-14)15-16(9)10-4-3-5-11(7-10)18-2/h3-7H,1-2H3. The van der Waals surface area contributed by atoms with Crippen molar-refractivity contribution in [1.29, 1.82) is 5.26 Å². The number of hydrogen-bond acceptors (Lipinski definition) is 4. The molecule has 0 fully saturated rings. The van der Waals surface area contributed by atoms with Gasteiger partial charge in [-0.05, 0) is 19.1 Å². The molecule has 0 atom stereocenters. The van der Waals surface area contributed by atoms with Gasteiger partial charge in [-0.3, -0.25) is 4.79 Å². The van der Waals surface area contributed by atoms with E-state index in [0.717, 1.165) is 5.69 Å². The average Bonchev–Trinajstić information content (AvgIpc) is 2.39. The van der Waals surface area contributed by atoms with Crippen LogP contribution in [-0.4, -0.2) is 16.9 Å². The molecule has 0 radical (unpaired) electrons. The summed E-state index contributed by atoms with van der Waals surface area (Å²) in [6, 6.07) is 10.4. The number of hydrogen-bond donors (Lipinski definition) is 0. The average molecular weight is 241 g/mol. The molecule has 5 heteroatoms. The van der Waals surface area contributed by atoms with Crippen LogP contribution < -0.4 is 10.2 Å². The second-order valence-electron chi connectivity index (χ2n) is 3.72. The van der Waals surface area contributed by atoms with Crippen LogP contribution in [0.15, 0.2) is 35.1 Å². The molecule has 1 heterocycles. The minimum atomic E-state index is -0.367. The molecular weight excluding hydrogens is 230 g/mol. The normalized spacial score (nSPS) is 9.83. The third-order valence-corrected chi connectivity index (χ3v) is 2.51. The van der Waals surface area contributed by atoms with E-state index in [1.807, 2.05) is 18.2 Å². The molecule has 2 aromatic rings. The van der Waals surface area contributed by atoms with Gasteiger partial charge in [-0.15, -0.1) is 0 Å². The smallest absolute Gasteiger partial charge is 0.218 e. The van der Waals surface area contributed by atoms with Gasteiger partial charge in [-0.25, -0.2) is 4.68 Å². The number of methoxy groups -OCH3 is 1. The molecule has 0 unspecified atom stereocenters. The number of benzene rings is 1. The third-order valence-electron chi connectivity index (χ3n) is 2.51. The lowest BCUT2D eigenvalue weighted by Gasteiger charge is -2.10. The zero-order valence-corrected chi connectivity index (χ0v) is 10.0. The van der Waals surface area contributed by atoms with Crippen LogP contribution >= 0.6 is 0 Å². The molecule has 18 heavy (non-hydrogen) atoms. The monoisotopic (exact) mass is 241 g/mol. The molecule has 0 amide bonds. The lowest BCUT2D eigenvalue weighted by atomic mass is 10.2. The Bertz CT molecular complexity index is 683. The number of aryl methyl sites for hydroxylation is 1. The topological polar surface area (TPSA) is 67.9 Å². The number of ether oxygens (including phenoxy) is 1. The Morgan fingerprint density at radius 1 is 1.39 bits per heavy atom. The number of rotatable bonds is 2. The Morgan fingerprint density at radius 2 is 2.17 bits per heavy atom. The highest BCUT2D eigenvalue weighted by Gasteiger charge is 2.07. The zero-order valence-electron chi connectivity index (χ0n) is 10.0.